The summed E-state index contributed by atoms with van der Waals surface area (Å²) in [4.78, 5) is 14.0. The van der Waals surface area contributed by atoms with E-state index in [9.17, 15) is 4.79 Å². The minimum atomic E-state index is -0.846. The summed E-state index contributed by atoms with van der Waals surface area (Å²) in [5, 5.41) is 0. The van der Waals surface area contributed by atoms with E-state index in [0.29, 0.717) is 13.0 Å². The zero-order chi connectivity index (χ0) is 13.4. The van der Waals surface area contributed by atoms with Crippen LogP contribution in [0.5, 0.6) is 0 Å². The number of carbonyl (C=O) groups excluding carboxylic acids is 1. The van der Waals surface area contributed by atoms with Crippen LogP contribution in [-0.2, 0) is 14.3 Å². The average Bonchev–Trinajstić information content (AvgIpc) is 2.36. The monoisotopic (exact) mass is 258 g/mol. The van der Waals surface area contributed by atoms with Gasteiger partial charge in [-0.05, 0) is 39.7 Å². The van der Waals surface area contributed by atoms with Crippen LogP contribution in [0.15, 0.2) is 0 Å². The largest absolute Gasteiger partial charge is 0.465 e. The van der Waals surface area contributed by atoms with Crippen molar-refractivity contribution in [1.82, 2.24) is 4.90 Å². The highest BCUT2D eigenvalue weighted by Crippen LogP contribution is 2.13. The highest BCUT2D eigenvalue weighted by molar-refractivity contribution is 5.79. The normalized spacial score (nSPS) is 20.4. The van der Waals surface area contributed by atoms with Gasteiger partial charge in [0.2, 0.25) is 0 Å². The van der Waals surface area contributed by atoms with Crippen molar-refractivity contribution in [3.63, 3.8) is 0 Å². The maximum atomic E-state index is 11.6. The Morgan fingerprint density at radius 3 is 2.67 bits per heavy atom. The van der Waals surface area contributed by atoms with Crippen LogP contribution in [0.1, 0.15) is 33.1 Å². The summed E-state index contributed by atoms with van der Waals surface area (Å²) in [5.74, 6) is -0.295. The van der Waals surface area contributed by atoms with Gasteiger partial charge in [-0.15, -0.1) is 0 Å². The first-order valence-electron chi connectivity index (χ1n) is 6.82. The molecule has 5 nitrogen and oxygen atoms in total. The third-order valence-corrected chi connectivity index (χ3v) is 3.27. The molecule has 1 fully saturated rings. The molecule has 1 saturated heterocycles. The Balaban J connectivity index is 2.13. The Kier molecular flexibility index (Phi) is 6.60. The molecule has 0 radical (unpaired) electrons. The van der Waals surface area contributed by atoms with Crippen molar-refractivity contribution in [1.29, 1.82) is 0 Å². The van der Waals surface area contributed by atoms with Gasteiger partial charge in [-0.1, -0.05) is 0 Å². The number of carbonyl (C=O) groups is 1. The van der Waals surface area contributed by atoms with E-state index in [2.05, 4.69) is 4.90 Å². The standard InChI is InChI=1S/C13H26N2O3/c1-3-18-12(16)13(2,14)6-4-5-7-15-8-10-17-11-9-15/h3-11,14H2,1-2H3. The summed E-state index contributed by atoms with van der Waals surface area (Å²) in [6.07, 6.45) is 2.69. The van der Waals surface area contributed by atoms with E-state index in [-0.39, 0.29) is 5.97 Å². The molecular formula is C13H26N2O3. The molecule has 0 bridgehead atoms. The van der Waals surface area contributed by atoms with Crippen LogP contribution < -0.4 is 5.73 Å². The van der Waals surface area contributed by atoms with Crippen LogP contribution in [-0.4, -0.2) is 55.9 Å². The Morgan fingerprint density at radius 1 is 1.39 bits per heavy atom. The van der Waals surface area contributed by atoms with E-state index in [1.165, 1.54) is 0 Å². The van der Waals surface area contributed by atoms with Crippen LogP contribution in [0.2, 0.25) is 0 Å². The molecule has 1 aliphatic heterocycles. The summed E-state index contributed by atoms with van der Waals surface area (Å²) in [6, 6.07) is 0. The molecule has 0 aromatic heterocycles. The van der Waals surface area contributed by atoms with E-state index in [4.69, 9.17) is 15.2 Å². The number of ether oxygens (including phenoxy) is 2. The molecule has 1 rings (SSSR count). The minimum absolute atomic E-state index is 0.295. The average molecular weight is 258 g/mol. The third kappa shape index (κ3) is 5.33. The Hall–Kier alpha value is -0.650. The number of hydrogen-bond acceptors (Lipinski definition) is 5. The SMILES string of the molecule is CCOC(=O)C(C)(N)CCCCN1CCOCC1. The van der Waals surface area contributed by atoms with Gasteiger partial charge in [0.25, 0.3) is 0 Å². The Morgan fingerprint density at radius 2 is 2.06 bits per heavy atom. The van der Waals surface area contributed by atoms with Crippen LogP contribution >= 0.6 is 0 Å². The van der Waals surface area contributed by atoms with Crippen LogP contribution in [0.3, 0.4) is 0 Å². The van der Waals surface area contributed by atoms with E-state index in [1.54, 1.807) is 13.8 Å². The second kappa shape index (κ2) is 7.71. The topological polar surface area (TPSA) is 64.8 Å². The summed E-state index contributed by atoms with van der Waals surface area (Å²) in [6.45, 7) is 8.68. The minimum Gasteiger partial charge on any atom is -0.465 e. The van der Waals surface area contributed by atoms with Gasteiger partial charge in [0.05, 0.1) is 19.8 Å². The highest BCUT2D eigenvalue weighted by Gasteiger charge is 2.29. The Labute approximate surface area is 110 Å². The summed E-state index contributed by atoms with van der Waals surface area (Å²) in [5.41, 5.74) is 5.11. The first kappa shape index (κ1) is 15.4. The molecule has 1 atom stereocenters. The van der Waals surface area contributed by atoms with Crippen molar-refractivity contribution < 1.29 is 14.3 Å². The van der Waals surface area contributed by atoms with Crippen molar-refractivity contribution in [3.8, 4) is 0 Å². The van der Waals surface area contributed by atoms with Gasteiger partial charge in [-0.2, -0.15) is 0 Å². The van der Waals surface area contributed by atoms with Gasteiger partial charge in [0.1, 0.15) is 5.54 Å². The molecule has 106 valence electrons. The molecule has 0 aromatic carbocycles. The lowest BCUT2D eigenvalue weighted by molar-refractivity contribution is -0.149. The van der Waals surface area contributed by atoms with Gasteiger partial charge in [-0.25, -0.2) is 0 Å². The third-order valence-electron chi connectivity index (χ3n) is 3.27. The molecule has 2 N–H and O–H groups in total. The fraction of sp³-hybridized carbons (Fsp3) is 0.923. The van der Waals surface area contributed by atoms with Gasteiger partial charge >= 0.3 is 5.97 Å². The predicted molar refractivity (Wildman–Crippen MR) is 70.3 cm³/mol. The number of nitrogens with zero attached hydrogens (tertiary/aromatic N) is 1. The smallest absolute Gasteiger partial charge is 0.325 e. The number of nitrogens with two attached hydrogens (primary N) is 1. The maximum absolute atomic E-state index is 11.6. The molecule has 0 aromatic rings. The van der Waals surface area contributed by atoms with Gasteiger partial charge in [-0.3, -0.25) is 9.69 Å². The van der Waals surface area contributed by atoms with Gasteiger partial charge in [0, 0.05) is 13.1 Å². The lowest BCUT2D eigenvalue weighted by Crippen LogP contribution is -2.46. The van der Waals surface area contributed by atoms with Crippen molar-refractivity contribution in [2.45, 2.75) is 38.6 Å². The summed E-state index contributed by atoms with van der Waals surface area (Å²) >= 11 is 0. The molecule has 18 heavy (non-hydrogen) atoms. The van der Waals surface area contributed by atoms with Crippen molar-refractivity contribution in [2.24, 2.45) is 5.73 Å². The van der Waals surface area contributed by atoms with Gasteiger partial charge < -0.3 is 15.2 Å². The molecule has 0 saturated carbocycles. The molecule has 5 heteroatoms. The zero-order valence-corrected chi connectivity index (χ0v) is 11.6. The van der Waals surface area contributed by atoms with Gasteiger partial charge in [0.15, 0.2) is 0 Å². The molecular weight excluding hydrogens is 232 g/mol. The van der Waals surface area contributed by atoms with Crippen LogP contribution in [0.4, 0.5) is 0 Å². The lowest BCUT2D eigenvalue weighted by Gasteiger charge is -2.27. The second-order valence-corrected chi connectivity index (χ2v) is 5.05. The lowest BCUT2D eigenvalue weighted by atomic mass is 9.96. The number of hydrogen-bond donors (Lipinski definition) is 1. The fourth-order valence-electron chi connectivity index (χ4n) is 2.05. The molecule has 1 aliphatic rings. The molecule has 0 amide bonds. The van der Waals surface area contributed by atoms with Crippen LogP contribution in [0.25, 0.3) is 0 Å². The quantitative estimate of drug-likeness (QED) is 0.540. The molecule has 0 aliphatic carbocycles. The van der Waals surface area contributed by atoms with E-state index in [1.807, 2.05) is 0 Å². The van der Waals surface area contributed by atoms with Crippen molar-refractivity contribution in [3.05, 3.63) is 0 Å². The zero-order valence-electron chi connectivity index (χ0n) is 11.6. The van der Waals surface area contributed by atoms with Crippen molar-refractivity contribution in [2.75, 3.05) is 39.5 Å². The summed E-state index contributed by atoms with van der Waals surface area (Å²) < 4.78 is 10.3. The van der Waals surface area contributed by atoms with E-state index >= 15 is 0 Å². The molecule has 1 unspecified atom stereocenters. The molecule has 1 heterocycles. The van der Waals surface area contributed by atoms with E-state index < -0.39 is 5.54 Å². The maximum Gasteiger partial charge on any atom is 0.325 e. The number of morpholine rings is 1. The highest BCUT2D eigenvalue weighted by atomic mass is 16.5. The first-order chi connectivity index (χ1) is 8.56. The van der Waals surface area contributed by atoms with E-state index in [0.717, 1.165) is 45.7 Å². The molecule has 0 spiro atoms. The van der Waals surface area contributed by atoms with Crippen LogP contribution in [0, 0.1) is 0 Å². The first-order valence-corrected chi connectivity index (χ1v) is 6.82. The van der Waals surface area contributed by atoms with Crippen molar-refractivity contribution >= 4 is 5.97 Å². The Bertz CT molecular complexity index is 251. The number of rotatable bonds is 7. The second-order valence-electron chi connectivity index (χ2n) is 5.05. The predicted octanol–water partition coefficient (Wildman–Crippen LogP) is 0.769. The summed E-state index contributed by atoms with van der Waals surface area (Å²) in [7, 11) is 0. The number of esters is 1. The fourth-order valence-corrected chi connectivity index (χ4v) is 2.05. The number of unbranched alkanes of at least 4 members (excludes halogenated alkanes) is 1.